The average molecular weight is 496 g/mol. The maximum absolute atomic E-state index is 14.3. The van der Waals surface area contributed by atoms with Crippen LogP contribution >= 0.6 is 0 Å². The summed E-state index contributed by atoms with van der Waals surface area (Å²) in [7, 11) is 0. The Hall–Kier alpha value is -2.41. The van der Waals surface area contributed by atoms with Crippen molar-refractivity contribution in [3.63, 3.8) is 0 Å². The molecule has 2 aromatic rings. The summed E-state index contributed by atoms with van der Waals surface area (Å²) in [5, 5.41) is 0. The molecule has 2 rings (SSSR count). The summed E-state index contributed by atoms with van der Waals surface area (Å²) < 4.78 is 160. The highest BCUT2D eigenvalue weighted by Gasteiger charge is 2.75. The highest BCUT2D eigenvalue weighted by atomic mass is 19.4. The van der Waals surface area contributed by atoms with Gasteiger partial charge in [-0.2, -0.15) is 39.5 Å². The van der Waals surface area contributed by atoms with Gasteiger partial charge in [0.05, 0.1) is 0 Å². The Bertz CT molecular complexity index is 795. The van der Waals surface area contributed by atoms with Crippen molar-refractivity contribution in [3.8, 4) is 0 Å². The Morgan fingerprint density at radius 1 is 0.515 bits per heavy atom. The molecule has 0 aliphatic carbocycles. The van der Waals surface area contributed by atoms with Crippen molar-refractivity contribution in [1.82, 2.24) is 0 Å². The molecule has 1 unspecified atom stereocenters. The summed E-state index contributed by atoms with van der Waals surface area (Å²) in [6.07, 6.45) is -18.5. The van der Waals surface area contributed by atoms with Crippen molar-refractivity contribution in [2.24, 2.45) is 0 Å². The standard InChI is InChI=1S/C20H15F11O2/c1-15(21,22)16(18(23,24)25,13-8-4-2-5-9-13)32-12-33-17(19(26,27)28,20(29,30)31)14-10-6-3-7-11-14/h2-11H,12H2,1H3. The van der Waals surface area contributed by atoms with Crippen LogP contribution in [0.2, 0.25) is 0 Å². The molecule has 0 N–H and O–H groups in total. The first-order chi connectivity index (χ1) is 14.9. The van der Waals surface area contributed by atoms with Gasteiger partial charge < -0.3 is 9.47 Å². The molecule has 2 aromatic carbocycles. The van der Waals surface area contributed by atoms with E-state index in [1.165, 1.54) is 0 Å². The Kier molecular flexibility index (Phi) is 7.11. The van der Waals surface area contributed by atoms with Crippen LogP contribution in [0, 0.1) is 0 Å². The second-order valence-electron chi connectivity index (χ2n) is 6.88. The lowest BCUT2D eigenvalue weighted by Gasteiger charge is -2.42. The van der Waals surface area contributed by atoms with Gasteiger partial charge in [0.15, 0.2) is 6.79 Å². The zero-order valence-electron chi connectivity index (χ0n) is 16.5. The molecule has 0 fully saturated rings. The van der Waals surface area contributed by atoms with Crippen LogP contribution in [0.4, 0.5) is 48.3 Å². The first kappa shape index (κ1) is 26.8. The van der Waals surface area contributed by atoms with Crippen molar-refractivity contribution < 1.29 is 57.8 Å². The minimum atomic E-state index is -6.25. The fourth-order valence-electron chi connectivity index (χ4n) is 3.24. The largest absolute Gasteiger partial charge is 0.430 e. The Morgan fingerprint density at radius 2 is 0.818 bits per heavy atom. The normalized spacial score (nSPS) is 15.9. The van der Waals surface area contributed by atoms with E-state index < -0.39 is 53.6 Å². The van der Waals surface area contributed by atoms with E-state index in [9.17, 15) is 48.3 Å². The average Bonchev–Trinajstić information content (AvgIpc) is 2.65. The molecule has 184 valence electrons. The summed E-state index contributed by atoms with van der Waals surface area (Å²) in [5.74, 6) is -4.85. The lowest BCUT2D eigenvalue weighted by molar-refractivity contribution is -0.425. The second-order valence-corrected chi connectivity index (χ2v) is 6.88. The van der Waals surface area contributed by atoms with E-state index in [4.69, 9.17) is 0 Å². The lowest BCUT2D eigenvalue weighted by atomic mass is 9.87. The molecule has 0 bridgehead atoms. The number of ether oxygens (including phenoxy) is 2. The molecule has 0 heterocycles. The third-order valence-electron chi connectivity index (χ3n) is 4.73. The number of halogens is 11. The molecule has 0 aliphatic heterocycles. The number of rotatable bonds is 7. The topological polar surface area (TPSA) is 18.5 Å². The van der Waals surface area contributed by atoms with Gasteiger partial charge in [0.2, 0.25) is 0 Å². The van der Waals surface area contributed by atoms with Crippen LogP contribution in [-0.2, 0) is 20.7 Å². The monoisotopic (exact) mass is 496 g/mol. The highest BCUT2D eigenvalue weighted by Crippen LogP contribution is 2.55. The van der Waals surface area contributed by atoms with Gasteiger partial charge in [0.1, 0.15) is 0 Å². The summed E-state index contributed by atoms with van der Waals surface area (Å²) >= 11 is 0. The van der Waals surface area contributed by atoms with Gasteiger partial charge in [-0.3, -0.25) is 0 Å². The van der Waals surface area contributed by atoms with Gasteiger partial charge in [-0.15, -0.1) is 0 Å². The first-order valence-corrected chi connectivity index (χ1v) is 8.89. The fraction of sp³-hybridized carbons (Fsp3) is 0.400. The predicted octanol–water partition coefficient (Wildman–Crippen LogP) is 7.11. The van der Waals surface area contributed by atoms with Crippen LogP contribution in [-0.4, -0.2) is 31.2 Å². The third-order valence-corrected chi connectivity index (χ3v) is 4.73. The zero-order chi connectivity index (χ0) is 25.3. The van der Waals surface area contributed by atoms with Crippen LogP contribution < -0.4 is 0 Å². The molecule has 0 radical (unpaired) electrons. The van der Waals surface area contributed by atoms with E-state index >= 15 is 0 Å². The van der Waals surface area contributed by atoms with Crippen molar-refractivity contribution in [2.45, 2.75) is 42.6 Å². The maximum atomic E-state index is 14.3. The molecule has 13 heteroatoms. The summed E-state index contributed by atoms with van der Waals surface area (Å²) in [5.41, 5.74) is -12.5. The molecule has 0 spiro atoms. The third kappa shape index (κ3) is 4.65. The van der Waals surface area contributed by atoms with E-state index in [-0.39, 0.29) is 6.92 Å². The molecule has 1 atom stereocenters. The van der Waals surface area contributed by atoms with Crippen molar-refractivity contribution in [2.75, 3.05) is 6.79 Å². The number of alkyl halides is 11. The molecular weight excluding hydrogens is 481 g/mol. The summed E-state index contributed by atoms with van der Waals surface area (Å²) in [4.78, 5) is 0. The van der Waals surface area contributed by atoms with Crippen LogP contribution in [0.1, 0.15) is 18.1 Å². The smallest absolute Gasteiger partial charge is 0.329 e. The van der Waals surface area contributed by atoms with E-state index in [2.05, 4.69) is 9.47 Å². The minimum Gasteiger partial charge on any atom is -0.329 e. The quantitative estimate of drug-likeness (QED) is 0.301. The van der Waals surface area contributed by atoms with E-state index in [0.29, 0.717) is 24.3 Å². The maximum Gasteiger partial charge on any atom is 0.430 e. The molecule has 0 aliphatic rings. The number of benzene rings is 2. The van der Waals surface area contributed by atoms with Gasteiger partial charge in [0.25, 0.3) is 17.1 Å². The zero-order valence-corrected chi connectivity index (χ0v) is 16.5. The Balaban J connectivity index is 2.61. The van der Waals surface area contributed by atoms with E-state index in [0.717, 1.165) is 36.4 Å². The lowest BCUT2D eigenvalue weighted by Crippen LogP contribution is -2.59. The minimum absolute atomic E-state index is 0.231. The molecule has 0 amide bonds. The van der Waals surface area contributed by atoms with Crippen LogP contribution in [0.25, 0.3) is 0 Å². The highest BCUT2D eigenvalue weighted by molar-refractivity contribution is 5.29. The van der Waals surface area contributed by atoms with E-state index in [1.807, 2.05) is 0 Å². The van der Waals surface area contributed by atoms with Gasteiger partial charge in [0, 0.05) is 12.5 Å². The fourth-order valence-corrected chi connectivity index (χ4v) is 3.24. The second kappa shape index (κ2) is 8.75. The van der Waals surface area contributed by atoms with Crippen LogP contribution in [0.5, 0.6) is 0 Å². The van der Waals surface area contributed by atoms with Crippen molar-refractivity contribution >= 4 is 0 Å². The molecule has 0 aromatic heterocycles. The van der Waals surface area contributed by atoms with Gasteiger partial charge >= 0.3 is 18.5 Å². The summed E-state index contributed by atoms with van der Waals surface area (Å²) in [6, 6.07) is 7.50. The number of hydrogen-bond acceptors (Lipinski definition) is 2. The van der Waals surface area contributed by atoms with Crippen molar-refractivity contribution in [3.05, 3.63) is 71.8 Å². The van der Waals surface area contributed by atoms with Crippen LogP contribution in [0.3, 0.4) is 0 Å². The number of hydrogen-bond donors (Lipinski definition) is 0. The Labute approximate surface area is 179 Å². The molecular formula is C20H15F11O2. The van der Waals surface area contributed by atoms with Gasteiger partial charge in [-0.05, 0) is 5.56 Å². The Morgan fingerprint density at radius 3 is 1.12 bits per heavy atom. The SMILES string of the molecule is CC(F)(F)C(OCOC(c1ccccc1)(C(F)(F)F)C(F)(F)F)(c1ccccc1)C(F)(F)F. The van der Waals surface area contributed by atoms with Crippen molar-refractivity contribution in [1.29, 1.82) is 0 Å². The van der Waals surface area contributed by atoms with Crippen LogP contribution in [0.15, 0.2) is 60.7 Å². The van der Waals surface area contributed by atoms with E-state index in [1.54, 1.807) is 0 Å². The first-order valence-electron chi connectivity index (χ1n) is 8.89. The summed E-state index contributed by atoms with van der Waals surface area (Å²) in [6.45, 7) is -2.67. The molecule has 33 heavy (non-hydrogen) atoms. The van der Waals surface area contributed by atoms with Gasteiger partial charge in [-0.25, -0.2) is 8.78 Å². The van der Waals surface area contributed by atoms with Gasteiger partial charge in [-0.1, -0.05) is 60.7 Å². The predicted molar refractivity (Wildman–Crippen MR) is 92.1 cm³/mol. The molecule has 0 saturated carbocycles. The molecule has 2 nitrogen and oxygen atoms in total. The molecule has 0 saturated heterocycles.